The second-order valence-corrected chi connectivity index (χ2v) is 5.37. The summed E-state index contributed by atoms with van der Waals surface area (Å²) in [6.07, 6.45) is 1.66. The van der Waals surface area contributed by atoms with Crippen LogP contribution in [0.1, 0.15) is 12.5 Å². The van der Waals surface area contributed by atoms with Crippen LogP contribution in [0, 0.1) is 0 Å². The largest absolute Gasteiger partial charge is 0.494 e. The van der Waals surface area contributed by atoms with Crippen molar-refractivity contribution in [3.05, 3.63) is 57.0 Å². The van der Waals surface area contributed by atoms with Crippen LogP contribution in [0.2, 0.25) is 15.1 Å². The summed E-state index contributed by atoms with van der Waals surface area (Å²) in [5, 5.41) is 5.42. The fraction of sp³-hybridized carbons (Fsp3) is 0.133. The van der Waals surface area contributed by atoms with Gasteiger partial charge in [0.05, 0.1) is 28.6 Å². The van der Waals surface area contributed by atoms with Crippen molar-refractivity contribution in [1.29, 1.82) is 0 Å². The molecule has 0 aliphatic rings. The summed E-state index contributed by atoms with van der Waals surface area (Å²) < 4.78 is 5.37. The van der Waals surface area contributed by atoms with Gasteiger partial charge in [0.25, 0.3) is 0 Å². The summed E-state index contributed by atoms with van der Waals surface area (Å²) in [5.41, 5.74) is 4.25. The van der Waals surface area contributed by atoms with E-state index < -0.39 is 0 Å². The summed E-state index contributed by atoms with van der Waals surface area (Å²) >= 11 is 17.9. The van der Waals surface area contributed by atoms with Gasteiger partial charge in [-0.2, -0.15) is 5.10 Å². The zero-order chi connectivity index (χ0) is 15.2. The molecule has 0 heterocycles. The van der Waals surface area contributed by atoms with Gasteiger partial charge in [-0.05, 0) is 48.9 Å². The first-order chi connectivity index (χ1) is 10.1. The molecule has 2 rings (SSSR count). The van der Waals surface area contributed by atoms with Crippen LogP contribution in [0.15, 0.2) is 41.5 Å². The van der Waals surface area contributed by atoms with E-state index in [1.165, 1.54) is 0 Å². The summed E-state index contributed by atoms with van der Waals surface area (Å²) in [7, 11) is 0. The first kappa shape index (κ1) is 16.0. The SMILES string of the molecule is CCOc1ccc(/C=N/Nc2c(Cl)cc(Cl)cc2Cl)cc1. The molecule has 0 amide bonds. The quantitative estimate of drug-likeness (QED) is 0.575. The second-order valence-electron chi connectivity index (χ2n) is 4.12. The molecule has 0 bridgehead atoms. The molecule has 1 N–H and O–H groups in total. The van der Waals surface area contributed by atoms with Crippen LogP contribution in [-0.2, 0) is 0 Å². The number of hydrogen-bond donors (Lipinski definition) is 1. The molecular weight excluding hydrogens is 331 g/mol. The second kappa shape index (κ2) is 7.55. The molecule has 0 saturated carbocycles. The molecule has 2 aromatic carbocycles. The number of benzene rings is 2. The topological polar surface area (TPSA) is 33.6 Å². The molecular formula is C15H13Cl3N2O. The molecule has 6 heteroatoms. The lowest BCUT2D eigenvalue weighted by Crippen LogP contribution is -1.94. The Morgan fingerprint density at radius 1 is 1.10 bits per heavy atom. The monoisotopic (exact) mass is 342 g/mol. The Kier molecular flexibility index (Phi) is 5.74. The summed E-state index contributed by atoms with van der Waals surface area (Å²) in [5.74, 6) is 0.825. The third-order valence-electron chi connectivity index (χ3n) is 2.59. The van der Waals surface area contributed by atoms with Crippen LogP contribution in [0.25, 0.3) is 0 Å². The first-order valence-electron chi connectivity index (χ1n) is 6.26. The number of anilines is 1. The Balaban J connectivity index is 2.05. The molecule has 0 aliphatic heterocycles. The van der Waals surface area contributed by atoms with Gasteiger partial charge in [0.2, 0.25) is 0 Å². The molecule has 0 saturated heterocycles. The fourth-order valence-electron chi connectivity index (χ4n) is 1.64. The van der Waals surface area contributed by atoms with Crippen molar-refractivity contribution in [2.45, 2.75) is 6.92 Å². The molecule has 0 atom stereocenters. The average Bonchev–Trinajstić information content (AvgIpc) is 2.44. The average molecular weight is 344 g/mol. The number of ether oxygens (including phenoxy) is 1. The molecule has 110 valence electrons. The van der Waals surface area contributed by atoms with Crippen molar-refractivity contribution in [3.63, 3.8) is 0 Å². The molecule has 3 nitrogen and oxygen atoms in total. The molecule has 0 fully saturated rings. The van der Waals surface area contributed by atoms with Crippen molar-refractivity contribution in [1.82, 2.24) is 0 Å². The number of rotatable bonds is 5. The van der Waals surface area contributed by atoms with Gasteiger partial charge in [-0.1, -0.05) is 34.8 Å². The molecule has 0 unspecified atom stereocenters. The summed E-state index contributed by atoms with van der Waals surface area (Å²) in [4.78, 5) is 0. The maximum absolute atomic E-state index is 6.05. The minimum absolute atomic E-state index is 0.413. The highest BCUT2D eigenvalue weighted by Crippen LogP contribution is 2.33. The van der Waals surface area contributed by atoms with E-state index in [2.05, 4.69) is 10.5 Å². The Morgan fingerprint density at radius 3 is 2.29 bits per heavy atom. The first-order valence-corrected chi connectivity index (χ1v) is 7.40. The van der Waals surface area contributed by atoms with E-state index >= 15 is 0 Å². The van der Waals surface area contributed by atoms with Gasteiger partial charge in [-0.15, -0.1) is 0 Å². The standard InChI is InChI=1S/C15H13Cl3N2O/c1-2-21-12-5-3-10(4-6-12)9-19-20-15-13(17)7-11(16)8-14(15)18/h3-9,20H,2H2,1H3/b19-9+. The molecule has 0 radical (unpaired) electrons. The number of hydrogen-bond acceptors (Lipinski definition) is 3. The Morgan fingerprint density at radius 2 is 1.71 bits per heavy atom. The predicted octanol–water partition coefficient (Wildman–Crippen LogP) is 5.49. The highest BCUT2D eigenvalue weighted by Gasteiger charge is 2.06. The Labute approximate surface area is 138 Å². The van der Waals surface area contributed by atoms with Crippen molar-refractivity contribution in [2.24, 2.45) is 5.10 Å². The van der Waals surface area contributed by atoms with E-state index in [0.29, 0.717) is 27.4 Å². The zero-order valence-corrected chi connectivity index (χ0v) is 13.5. The maximum Gasteiger partial charge on any atom is 0.119 e. The lowest BCUT2D eigenvalue weighted by molar-refractivity contribution is 0.340. The number of hydrazone groups is 1. The van der Waals surface area contributed by atoms with Gasteiger partial charge in [0, 0.05) is 5.02 Å². The van der Waals surface area contributed by atoms with Crippen LogP contribution in [0.5, 0.6) is 5.75 Å². The van der Waals surface area contributed by atoms with Crippen LogP contribution >= 0.6 is 34.8 Å². The minimum atomic E-state index is 0.413. The minimum Gasteiger partial charge on any atom is -0.494 e. The highest BCUT2D eigenvalue weighted by atomic mass is 35.5. The summed E-state index contributed by atoms with van der Waals surface area (Å²) in [6.45, 7) is 2.58. The van der Waals surface area contributed by atoms with Gasteiger partial charge in [0.1, 0.15) is 5.75 Å². The van der Waals surface area contributed by atoms with E-state index in [0.717, 1.165) is 11.3 Å². The third-order valence-corrected chi connectivity index (χ3v) is 3.40. The van der Waals surface area contributed by atoms with Gasteiger partial charge in [-0.3, -0.25) is 5.43 Å². The molecule has 0 aliphatic carbocycles. The fourth-order valence-corrected chi connectivity index (χ4v) is 2.54. The van der Waals surface area contributed by atoms with Gasteiger partial charge >= 0.3 is 0 Å². The third kappa shape index (κ3) is 4.53. The van der Waals surface area contributed by atoms with Crippen molar-refractivity contribution >= 4 is 46.7 Å². The highest BCUT2D eigenvalue weighted by molar-refractivity contribution is 6.41. The lowest BCUT2D eigenvalue weighted by Gasteiger charge is -2.06. The smallest absolute Gasteiger partial charge is 0.119 e. The maximum atomic E-state index is 6.05. The zero-order valence-electron chi connectivity index (χ0n) is 11.2. The predicted molar refractivity (Wildman–Crippen MR) is 90.3 cm³/mol. The normalized spacial score (nSPS) is 10.9. The van der Waals surface area contributed by atoms with E-state index in [1.54, 1.807) is 18.3 Å². The van der Waals surface area contributed by atoms with E-state index in [4.69, 9.17) is 39.5 Å². The molecule has 0 spiro atoms. The molecule has 2 aromatic rings. The number of nitrogens with one attached hydrogen (secondary N) is 1. The van der Waals surface area contributed by atoms with Crippen LogP contribution in [0.3, 0.4) is 0 Å². The van der Waals surface area contributed by atoms with E-state index in [-0.39, 0.29) is 0 Å². The van der Waals surface area contributed by atoms with Gasteiger partial charge < -0.3 is 4.74 Å². The van der Waals surface area contributed by atoms with Gasteiger partial charge in [0.15, 0.2) is 0 Å². The lowest BCUT2D eigenvalue weighted by atomic mass is 10.2. The van der Waals surface area contributed by atoms with Crippen LogP contribution in [-0.4, -0.2) is 12.8 Å². The molecule has 21 heavy (non-hydrogen) atoms. The summed E-state index contributed by atoms with van der Waals surface area (Å²) in [6, 6.07) is 10.8. The van der Waals surface area contributed by atoms with Crippen molar-refractivity contribution < 1.29 is 4.74 Å². The van der Waals surface area contributed by atoms with Gasteiger partial charge in [-0.25, -0.2) is 0 Å². The van der Waals surface area contributed by atoms with E-state index in [9.17, 15) is 0 Å². The van der Waals surface area contributed by atoms with E-state index in [1.807, 2.05) is 31.2 Å². The Bertz CT molecular complexity index is 619. The number of halogens is 3. The molecule has 0 aromatic heterocycles. The van der Waals surface area contributed by atoms with Crippen molar-refractivity contribution in [3.8, 4) is 5.75 Å². The van der Waals surface area contributed by atoms with Crippen LogP contribution < -0.4 is 10.2 Å². The Hall–Kier alpha value is -1.42. The van der Waals surface area contributed by atoms with Crippen molar-refractivity contribution in [2.75, 3.05) is 12.0 Å². The van der Waals surface area contributed by atoms with Crippen LogP contribution in [0.4, 0.5) is 5.69 Å². The number of nitrogens with zero attached hydrogens (tertiary/aromatic N) is 1.